The van der Waals surface area contributed by atoms with Crippen LogP contribution in [-0.2, 0) is 19.6 Å². The first-order valence-corrected chi connectivity index (χ1v) is 11.2. The van der Waals surface area contributed by atoms with E-state index in [4.69, 9.17) is 23.2 Å². The fourth-order valence-corrected chi connectivity index (χ4v) is 4.80. The molecule has 1 aliphatic rings. The van der Waals surface area contributed by atoms with Crippen LogP contribution in [0, 0.1) is 6.92 Å². The lowest BCUT2D eigenvalue weighted by atomic mass is 10.0. The van der Waals surface area contributed by atoms with Crippen LogP contribution in [0.4, 0.5) is 13.2 Å². The summed E-state index contributed by atoms with van der Waals surface area (Å²) in [5.41, 5.74) is 1.20. The molecule has 5 nitrogen and oxygen atoms in total. The Labute approximate surface area is 198 Å². The summed E-state index contributed by atoms with van der Waals surface area (Å²) in [6.07, 6.45) is -3.56. The van der Waals surface area contributed by atoms with E-state index in [0.29, 0.717) is 52.4 Å². The predicted octanol–water partition coefficient (Wildman–Crippen LogP) is 5.40. The maximum atomic E-state index is 13.3. The average Bonchev–Trinajstić information content (AvgIpc) is 3.06. The molecular formula is C23H22Cl2F3N3O2. The fraction of sp³-hybridized carbons (Fsp3) is 0.391. The van der Waals surface area contributed by atoms with E-state index in [9.17, 15) is 23.1 Å². The Hall–Kier alpha value is -2.29. The molecule has 0 aliphatic carbocycles. The molecule has 0 saturated carbocycles. The van der Waals surface area contributed by atoms with Crippen LogP contribution in [0.15, 0.2) is 24.3 Å². The van der Waals surface area contributed by atoms with Gasteiger partial charge in [0, 0.05) is 31.6 Å². The van der Waals surface area contributed by atoms with Gasteiger partial charge in [0.25, 0.3) is 5.91 Å². The molecule has 2 heterocycles. The summed E-state index contributed by atoms with van der Waals surface area (Å²) in [6, 6.07) is 5.27. The number of fused-ring (bicyclic) bond motifs is 1. The van der Waals surface area contributed by atoms with Gasteiger partial charge in [-0.1, -0.05) is 23.2 Å². The number of amides is 1. The SMILES string of the molecule is Cc1cc(C(F)(F)F)cc2c1nc(Cc1c(Cl)ccc(C(=O)N3CCCC(O)C3)c1Cl)n2C. The van der Waals surface area contributed by atoms with Crippen molar-refractivity contribution in [2.75, 3.05) is 13.1 Å². The largest absolute Gasteiger partial charge is 0.416 e. The summed E-state index contributed by atoms with van der Waals surface area (Å²) < 4.78 is 41.4. The molecule has 1 aromatic heterocycles. The van der Waals surface area contributed by atoms with Gasteiger partial charge in [0.15, 0.2) is 0 Å². The molecule has 0 bridgehead atoms. The van der Waals surface area contributed by atoms with Crippen LogP contribution in [0.3, 0.4) is 0 Å². The molecule has 1 N–H and O–H groups in total. The molecule has 4 rings (SSSR count). The first-order chi connectivity index (χ1) is 15.5. The lowest BCUT2D eigenvalue weighted by molar-refractivity contribution is -0.137. The predicted molar refractivity (Wildman–Crippen MR) is 121 cm³/mol. The molecule has 1 saturated heterocycles. The number of halogens is 5. The van der Waals surface area contributed by atoms with E-state index in [0.717, 1.165) is 12.1 Å². The molecule has 176 valence electrons. The number of aryl methyl sites for hydroxylation is 2. The highest BCUT2D eigenvalue weighted by atomic mass is 35.5. The van der Waals surface area contributed by atoms with Crippen LogP contribution in [-0.4, -0.2) is 44.7 Å². The monoisotopic (exact) mass is 499 g/mol. The molecule has 3 aromatic rings. The number of alkyl halides is 3. The zero-order valence-electron chi connectivity index (χ0n) is 18.0. The van der Waals surface area contributed by atoms with Crippen LogP contribution >= 0.6 is 23.2 Å². The minimum atomic E-state index is -4.47. The van der Waals surface area contributed by atoms with Crippen molar-refractivity contribution in [3.05, 3.63) is 62.4 Å². The number of rotatable bonds is 3. The lowest BCUT2D eigenvalue weighted by Gasteiger charge is -2.30. The number of carbonyl (C=O) groups excluding carboxylic acids is 1. The molecule has 1 atom stereocenters. The zero-order valence-corrected chi connectivity index (χ0v) is 19.5. The Morgan fingerprint density at radius 2 is 2.00 bits per heavy atom. The van der Waals surface area contributed by atoms with E-state index in [2.05, 4.69) is 4.98 Å². The normalized spacial score (nSPS) is 17.1. The van der Waals surface area contributed by atoms with E-state index in [1.807, 2.05) is 0 Å². The van der Waals surface area contributed by atoms with Crippen molar-refractivity contribution in [2.24, 2.45) is 7.05 Å². The van der Waals surface area contributed by atoms with Gasteiger partial charge in [0.2, 0.25) is 0 Å². The number of imidazole rings is 1. The first kappa shape index (κ1) is 23.9. The quantitative estimate of drug-likeness (QED) is 0.525. The molecular weight excluding hydrogens is 478 g/mol. The fourth-order valence-electron chi connectivity index (χ4n) is 4.22. The number of hydrogen-bond donors (Lipinski definition) is 1. The van der Waals surface area contributed by atoms with E-state index >= 15 is 0 Å². The Kier molecular flexibility index (Phi) is 6.37. The van der Waals surface area contributed by atoms with Gasteiger partial charge >= 0.3 is 6.18 Å². The summed E-state index contributed by atoms with van der Waals surface area (Å²) in [6.45, 7) is 2.34. The smallest absolute Gasteiger partial charge is 0.391 e. The highest BCUT2D eigenvalue weighted by Gasteiger charge is 2.32. The number of aromatic nitrogens is 2. The summed E-state index contributed by atoms with van der Waals surface area (Å²) in [4.78, 5) is 19.1. The summed E-state index contributed by atoms with van der Waals surface area (Å²) in [5, 5.41) is 10.4. The van der Waals surface area contributed by atoms with E-state index < -0.39 is 17.8 Å². The second-order valence-electron chi connectivity index (χ2n) is 8.36. The molecule has 1 fully saturated rings. The van der Waals surface area contributed by atoms with Gasteiger partial charge in [-0.05, 0) is 55.2 Å². The number of benzene rings is 2. The van der Waals surface area contributed by atoms with Crippen molar-refractivity contribution in [3.8, 4) is 0 Å². The van der Waals surface area contributed by atoms with E-state index in [1.165, 1.54) is 0 Å². The van der Waals surface area contributed by atoms with Gasteiger partial charge in [-0.15, -0.1) is 0 Å². The third-order valence-electron chi connectivity index (χ3n) is 6.03. The second kappa shape index (κ2) is 8.81. The minimum Gasteiger partial charge on any atom is -0.391 e. The molecule has 33 heavy (non-hydrogen) atoms. The number of aliphatic hydroxyl groups is 1. The van der Waals surface area contributed by atoms with Crippen molar-refractivity contribution >= 4 is 40.1 Å². The maximum absolute atomic E-state index is 13.3. The summed E-state index contributed by atoms with van der Waals surface area (Å²) >= 11 is 13.0. The highest BCUT2D eigenvalue weighted by molar-refractivity contribution is 6.38. The first-order valence-electron chi connectivity index (χ1n) is 10.4. The molecule has 1 unspecified atom stereocenters. The number of β-amino-alcohol motifs (C(OH)–C–C–N with tert-alkyl or cyclic N) is 1. The maximum Gasteiger partial charge on any atom is 0.416 e. The lowest BCUT2D eigenvalue weighted by Crippen LogP contribution is -2.42. The Morgan fingerprint density at radius 1 is 1.27 bits per heavy atom. The number of hydrogen-bond acceptors (Lipinski definition) is 3. The van der Waals surface area contributed by atoms with Crippen LogP contribution in [0.1, 0.15) is 45.7 Å². The van der Waals surface area contributed by atoms with Crippen LogP contribution in [0.2, 0.25) is 10.0 Å². The van der Waals surface area contributed by atoms with E-state index in [-0.39, 0.29) is 29.5 Å². The van der Waals surface area contributed by atoms with Crippen LogP contribution in [0.25, 0.3) is 11.0 Å². The third-order valence-corrected chi connectivity index (χ3v) is 6.82. The summed E-state index contributed by atoms with van der Waals surface area (Å²) in [5.74, 6) is 0.168. The van der Waals surface area contributed by atoms with Crippen molar-refractivity contribution in [3.63, 3.8) is 0 Å². The molecule has 0 radical (unpaired) electrons. The second-order valence-corrected chi connectivity index (χ2v) is 9.14. The van der Waals surface area contributed by atoms with Gasteiger partial charge in [-0.3, -0.25) is 4.79 Å². The summed E-state index contributed by atoms with van der Waals surface area (Å²) in [7, 11) is 1.64. The number of carbonyl (C=O) groups is 1. The van der Waals surface area contributed by atoms with Crippen LogP contribution < -0.4 is 0 Å². The van der Waals surface area contributed by atoms with Gasteiger partial charge < -0.3 is 14.6 Å². The Bertz CT molecular complexity index is 1240. The molecule has 1 aliphatic heterocycles. The molecule has 1 amide bonds. The molecule has 2 aromatic carbocycles. The van der Waals surface area contributed by atoms with Crippen molar-refractivity contribution < 1.29 is 23.1 Å². The van der Waals surface area contributed by atoms with Crippen LogP contribution in [0.5, 0.6) is 0 Å². The highest BCUT2D eigenvalue weighted by Crippen LogP contribution is 2.35. The van der Waals surface area contributed by atoms with Crippen molar-refractivity contribution in [2.45, 2.75) is 38.5 Å². The van der Waals surface area contributed by atoms with E-state index in [1.54, 1.807) is 35.6 Å². The average molecular weight is 500 g/mol. The van der Waals surface area contributed by atoms with Gasteiger partial charge in [0.05, 0.1) is 33.3 Å². The molecule has 0 spiro atoms. The number of aliphatic hydroxyl groups excluding tert-OH is 1. The zero-order chi connectivity index (χ0) is 24.1. The van der Waals surface area contributed by atoms with Gasteiger partial charge in [0.1, 0.15) is 5.82 Å². The van der Waals surface area contributed by atoms with Crippen molar-refractivity contribution in [1.29, 1.82) is 0 Å². The van der Waals surface area contributed by atoms with Gasteiger partial charge in [-0.25, -0.2) is 4.98 Å². The van der Waals surface area contributed by atoms with Crippen molar-refractivity contribution in [1.82, 2.24) is 14.5 Å². The third kappa shape index (κ3) is 4.56. The molecule has 10 heteroatoms. The minimum absolute atomic E-state index is 0.132. The Morgan fingerprint density at radius 3 is 2.67 bits per heavy atom. The number of likely N-dealkylation sites (tertiary alicyclic amines) is 1. The number of piperidine rings is 1. The van der Waals surface area contributed by atoms with Gasteiger partial charge in [-0.2, -0.15) is 13.2 Å². The Balaban J connectivity index is 1.72. The topological polar surface area (TPSA) is 58.4 Å². The standard InChI is InChI=1S/C23H22Cl2F3N3O2/c1-12-8-13(23(26,27)28)9-18-21(12)29-19(30(18)2)10-16-17(24)6-5-15(20(16)25)22(33)31-7-3-4-14(32)11-31/h5-6,8-9,14,32H,3-4,7,10-11H2,1-2H3. The number of nitrogens with zero attached hydrogens (tertiary/aromatic N) is 3.